The van der Waals surface area contributed by atoms with Crippen molar-refractivity contribution in [3.8, 4) is 5.69 Å². The molecular weight excluding hydrogens is 338 g/mol. The van der Waals surface area contributed by atoms with Crippen molar-refractivity contribution in [1.29, 1.82) is 0 Å². The highest BCUT2D eigenvalue weighted by Gasteiger charge is 2.13. The summed E-state index contributed by atoms with van der Waals surface area (Å²) in [5.41, 5.74) is 6.65. The molecule has 6 nitrogen and oxygen atoms in total. The Balaban J connectivity index is 1.58. The number of benzene rings is 2. The number of fused-ring (bicyclic) bond motifs is 1. The topological polar surface area (TPSA) is 68.2 Å². The summed E-state index contributed by atoms with van der Waals surface area (Å²) in [6, 6.07) is 17.5. The summed E-state index contributed by atoms with van der Waals surface area (Å²) in [7, 11) is 0. The van der Waals surface area contributed by atoms with E-state index in [2.05, 4.69) is 20.6 Å². The molecule has 2 heterocycles. The summed E-state index contributed by atoms with van der Waals surface area (Å²) in [6.45, 7) is 1.88. The van der Waals surface area contributed by atoms with Gasteiger partial charge in [0, 0.05) is 0 Å². The van der Waals surface area contributed by atoms with Crippen LogP contribution in [0.5, 0.6) is 0 Å². The van der Waals surface area contributed by atoms with Crippen LogP contribution in [0.1, 0.15) is 11.3 Å². The van der Waals surface area contributed by atoms with Gasteiger partial charge in [-0.05, 0) is 31.2 Å². The lowest BCUT2D eigenvalue weighted by Gasteiger charge is -2.01. The van der Waals surface area contributed by atoms with E-state index >= 15 is 0 Å². The Labute approximate surface area is 148 Å². The lowest BCUT2D eigenvalue weighted by atomic mass is 10.3. The smallest absolute Gasteiger partial charge is 0.316 e. The van der Waals surface area contributed by atoms with Crippen LogP contribution in [-0.2, 0) is 0 Å². The Hall–Kier alpha value is -3.12. The Bertz CT molecular complexity index is 1020. The number of aromatic nitrogens is 3. The minimum atomic E-state index is 0.321. The van der Waals surface area contributed by atoms with E-state index in [0.717, 1.165) is 22.5 Å². The van der Waals surface area contributed by atoms with Gasteiger partial charge in [-0.1, -0.05) is 41.9 Å². The van der Waals surface area contributed by atoms with Gasteiger partial charge in [0.25, 0.3) is 0 Å². The number of anilines is 1. The molecular formula is C18H14ClN5O. The van der Waals surface area contributed by atoms with Crippen molar-refractivity contribution in [3.63, 3.8) is 0 Å². The van der Waals surface area contributed by atoms with E-state index < -0.39 is 0 Å². The molecule has 0 aliphatic heterocycles. The molecule has 0 radical (unpaired) electrons. The summed E-state index contributed by atoms with van der Waals surface area (Å²) < 4.78 is 7.23. The van der Waals surface area contributed by atoms with Crippen molar-refractivity contribution in [2.75, 3.05) is 5.43 Å². The summed E-state index contributed by atoms with van der Waals surface area (Å²) in [4.78, 5) is 4.30. The van der Waals surface area contributed by atoms with Crippen LogP contribution < -0.4 is 5.43 Å². The molecule has 0 saturated carbocycles. The van der Waals surface area contributed by atoms with E-state index in [4.69, 9.17) is 16.0 Å². The molecule has 25 heavy (non-hydrogen) atoms. The largest absolute Gasteiger partial charge is 0.422 e. The van der Waals surface area contributed by atoms with E-state index in [9.17, 15) is 0 Å². The van der Waals surface area contributed by atoms with E-state index in [0.29, 0.717) is 16.8 Å². The molecule has 1 N–H and O–H groups in total. The van der Waals surface area contributed by atoms with Crippen molar-refractivity contribution in [2.24, 2.45) is 5.10 Å². The average molecular weight is 352 g/mol. The van der Waals surface area contributed by atoms with Crippen LogP contribution >= 0.6 is 11.6 Å². The standard InChI is InChI=1S/C18H14ClN5O/c1-12-14(17(19)24(23-12)13-7-3-2-4-8-13)11-20-22-18-21-15-9-5-6-10-16(15)25-18/h2-11H,1H3,(H,21,22)/b20-11-. The minimum absolute atomic E-state index is 0.321. The maximum Gasteiger partial charge on any atom is 0.316 e. The Kier molecular flexibility index (Phi) is 3.95. The number of nitrogens with zero attached hydrogens (tertiary/aromatic N) is 4. The van der Waals surface area contributed by atoms with Gasteiger partial charge in [-0.25, -0.2) is 10.1 Å². The van der Waals surface area contributed by atoms with Crippen molar-refractivity contribution < 1.29 is 4.42 Å². The highest BCUT2D eigenvalue weighted by atomic mass is 35.5. The fourth-order valence-corrected chi connectivity index (χ4v) is 2.79. The fourth-order valence-electron chi connectivity index (χ4n) is 2.47. The van der Waals surface area contributed by atoms with Crippen LogP contribution in [0.2, 0.25) is 5.15 Å². The second-order valence-electron chi connectivity index (χ2n) is 5.39. The molecule has 4 rings (SSSR count). The molecule has 0 aliphatic rings. The van der Waals surface area contributed by atoms with Crippen LogP contribution in [0.4, 0.5) is 6.01 Å². The predicted molar refractivity (Wildman–Crippen MR) is 98.5 cm³/mol. The molecule has 2 aromatic heterocycles. The highest BCUT2D eigenvalue weighted by Crippen LogP contribution is 2.22. The molecule has 2 aromatic carbocycles. The van der Waals surface area contributed by atoms with E-state index in [1.807, 2.05) is 61.5 Å². The van der Waals surface area contributed by atoms with Crippen molar-refractivity contribution in [2.45, 2.75) is 6.92 Å². The molecule has 7 heteroatoms. The summed E-state index contributed by atoms with van der Waals surface area (Å²) in [5.74, 6) is 0. The van der Waals surface area contributed by atoms with Gasteiger partial charge >= 0.3 is 6.01 Å². The van der Waals surface area contributed by atoms with Gasteiger partial charge in [0.15, 0.2) is 5.58 Å². The van der Waals surface area contributed by atoms with Gasteiger partial charge < -0.3 is 4.42 Å². The van der Waals surface area contributed by atoms with Gasteiger partial charge in [0.1, 0.15) is 10.7 Å². The number of hydrogen-bond acceptors (Lipinski definition) is 5. The Morgan fingerprint density at radius 1 is 1.12 bits per heavy atom. The molecule has 124 valence electrons. The SMILES string of the molecule is Cc1nn(-c2ccccc2)c(Cl)c1/C=N\Nc1nc2ccccc2o1. The van der Waals surface area contributed by atoms with Gasteiger partial charge in [-0.2, -0.15) is 15.2 Å². The minimum Gasteiger partial charge on any atom is -0.422 e. The molecule has 0 fully saturated rings. The molecule has 0 spiro atoms. The molecule has 0 bridgehead atoms. The molecule has 0 unspecified atom stereocenters. The number of hydrogen-bond donors (Lipinski definition) is 1. The number of hydrazone groups is 1. The third-order valence-electron chi connectivity index (χ3n) is 3.70. The molecule has 0 atom stereocenters. The third-order valence-corrected chi connectivity index (χ3v) is 4.06. The first-order valence-electron chi connectivity index (χ1n) is 7.67. The normalized spacial score (nSPS) is 11.4. The molecule has 4 aromatic rings. The molecule has 0 amide bonds. The third kappa shape index (κ3) is 2.99. The summed E-state index contributed by atoms with van der Waals surface area (Å²) in [5, 5.41) is 9.13. The number of aryl methyl sites for hydroxylation is 1. The lowest BCUT2D eigenvalue weighted by Crippen LogP contribution is -1.96. The van der Waals surface area contributed by atoms with Crippen LogP contribution in [0, 0.1) is 6.92 Å². The van der Waals surface area contributed by atoms with Crippen LogP contribution in [-0.4, -0.2) is 21.0 Å². The average Bonchev–Trinajstić information content (AvgIpc) is 3.17. The van der Waals surface area contributed by atoms with Crippen LogP contribution in [0.3, 0.4) is 0 Å². The number of halogens is 1. The zero-order valence-corrected chi connectivity index (χ0v) is 14.1. The van der Waals surface area contributed by atoms with Gasteiger partial charge in [0.2, 0.25) is 0 Å². The quantitative estimate of drug-likeness (QED) is 0.436. The van der Waals surface area contributed by atoms with Gasteiger partial charge in [-0.3, -0.25) is 0 Å². The number of para-hydroxylation sites is 3. The Morgan fingerprint density at radius 2 is 1.88 bits per heavy atom. The second-order valence-corrected chi connectivity index (χ2v) is 5.75. The second kappa shape index (κ2) is 6.41. The monoisotopic (exact) mass is 351 g/mol. The number of nitrogens with one attached hydrogen (secondary N) is 1. The molecule has 0 saturated heterocycles. The van der Waals surface area contributed by atoms with Gasteiger partial charge in [0.05, 0.1) is 23.2 Å². The zero-order valence-electron chi connectivity index (χ0n) is 13.3. The predicted octanol–water partition coefficient (Wildman–Crippen LogP) is 4.42. The Morgan fingerprint density at radius 3 is 2.68 bits per heavy atom. The van der Waals surface area contributed by atoms with E-state index in [-0.39, 0.29) is 0 Å². The van der Waals surface area contributed by atoms with E-state index in [1.54, 1.807) is 10.9 Å². The van der Waals surface area contributed by atoms with Crippen molar-refractivity contribution >= 4 is 34.9 Å². The maximum absolute atomic E-state index is 6.45. The van der Waals surface area contributed by atoms with Crippen molar-refractivity contribution in [1.82, 2.24) is 14.8 Å². The van der Waals surface area contributed by atoms with Gasteiger partial charge in [-0.15, -0.1) is 0 Å². The lowest BCUT2D eigenvalue weighted by molar-refractivity contribution is 0.617. The van der Waals surface area contributed by atoms with Crippen molar-refractivity contribution in [3.05, 3.63) is 71.0 Å². The van der Waals surface area contributed by atoms with Crippen LogP contribution in [0.25, 0.3) is 16.8 Å². The fraction of sp³-hybridized carbons (Fsp3) is 0.0556. The summed E-state index contributed by atoms with van der Waals surface area (Å²) >= 11 is 6.45. The first-order chi connectivity index (χ1) is 12.2. The first-order valence-corrected chi connectivity index (χ1v) is 8.05. The maximum atomic E-state index is 6.45. The number of oxazole rings is 1. The zero-order chi connectivity index (χ0) is 17.2. The summed E-state index contributed by atoms with van der Waals surface area (Å²) in [6.07, 6.45) is 1.61. The molecule has 0 aliphatic carbocycles. The first kappa shape index (κ1) is 15.4. The highest BCUT2D eigenvalue weighted by molar-refractivity contribution is 6.32. The van der Waals surface area contributed by atoms with Crippen LogP contribution in [0.15, 0.2) is 64.1 Å². The van der Waals surface area contributed by atoms with E-state index in [1.165, 1.54) is 0 Å². The number of rotatable bonds is 4.